The number of carbonyl (C=O) groups is 1. The molecular formula is C15H21NO3. The molecule has 0 atom stereocenters. The Labute approximate surface area is 113 Å². The fourth-order valence-electron chi connectivity index (χ4n) is 2.90. The zero-order valence-electron chi connectivity index (χ0n) is 11.3. The number of nitrogens with zero attached hydrogens (tertiary/aromatic N) is 1. The quantitative estimate of drug-likeness (QED) is 0.856. The second-order valence-corrected chi connectivity index (χ2v) is 5.18. The van der Waals surface area contributed by atoms with Crippen LogP contribution in [0.25, 0.3) is 0 Å². The molecule has 104 valence electrons. The highest BCUT2D eigenvalue weighted by Gasteiger charge is 2.25. The molecule has 0 bridgehead atoms. The lowest BCUT2D eigenvalue weighted by molar-refractivity contribution is 0.0697. The molecule has 4 heteroatoms. The summed E-state index contributed by atoms with van der Waals surface area (Å²) in [7, 11) is 0. The number of aliphatic hydroxyl groups excluding tert-OH is 1. The number of anilines is 1. The average molecular weight is 263 g/mol. The number of rotatable bonds is 5. The topological polar surface area (TPSA) is 60.8 Å². The molecule has 0 aliphatic heterocycles. The van der Waals surface area contributed by atoms with Crippen LogP contribution in [0.2, 0.25) is 0 Å². The van der Waals surface area contributed by atoms with E-state index in [1.165, 1.54) is 12.8 Å². The number of benzene rings is 1. The van der Waals surface area contributed by atoms with Gasteiger partial charge in [-0.2, -0.15) is 0 Å². The number of hydrogen-bond acceptors (Lipinski definition) is 3. The van der Waals surface area contributed by atoms with Gasteiger partial charge in [0, 0.05) is 12.6 Å². The predicted molar refractivity (Wildman–Crippen MR) is 74.8 cm³/mol. The van der Waals surface area contributed by atoms with Gasteiger partial charge in [0.05, 0.1) is 17.9 Å². The van der Waals surface area contributed by atoms with Crippen molar-refractivity contribution in [1.82, 2.24) is 0 Å². The molecule has 0 radical (unpaired) electrons. The molecule has 0 spiro atoms. The molecule has 0 unspecified atom stereocenters. The lowest BCUT2D eigenvalue weighted by Crippen LogP contribution is -2.36. The molecule has 19 heavy (non-hydrogen) atoms. The molecule has 0 heterocycles. The van der Waals surface area contributed by atoms with Gasteiger partial charge in [0.2, 0.25) is 0 Å². The van der Waals surface area contributed by atoms with Crippen molar-refractivity contribution in [3.63, 3.8) is 0 Å². The number of carboxylic acid groups (broad SMARTS) is 1. The van der Waals surface area contributed by atoms with E-state index in [-0.39, 0.29) is 6.61 Å². The zero-order chi connectivity index (χ0) is 13.8. The van der Waals surface area contributed by atoms with Crippen LogP contribution < -0.4 is 4.90 Å². The fraction of sp³-hybridized carbons (Fsp3) is 0.533. The minimum Gasteiger partial charge on any atom is -0.478 e. The smallest absolute Gasteiger partial charge is 0.337 e. The van der Waals surface area contributed by atoms with Crippen LogP contribution in [0.3, 0.4) is 0 Å². The van der Waals surface area contributed by atoms with Crippen molar-refractivity contribution in [3.8, 4) is 0 Å². The van der Waals surface area contributed by atoms with Gasteiger partial charge >= 0.3 is 5.97 Å². The third-order valence-electron chi connectivity index (χ3n) is 3.80. The van der Waals surface area contributed by atoms with Gasteiger partial charge < -0.3 is 15.1 Å². The van der Waals surface area contributed by atoms with E-state index in [1.807, 2.05) is 19.1 Å². The maximum Gasteiger partial charge on any atom is 0.337 e. The third-order valence-corrected chi connectivity index (χ3v) is 3.80. The van der Waals surface area contributed by atoms with Crippen molar-refractivity contribution in [2.75, 3.05) is 18.1 Å². The van der Waals surface area contributed by atoms with Gasteiger partial charge in [-0.15, -0.1) is 0 Å². The van der Waals surface area contributed by atoms with Crippen LogP contribution in [-0.2, 0) is 0 Å². The van der Waals surface area contributed by atoms with E-state index in [0.29, 0.717) is 18.2 Å². The Morgan fingerprint density at radius 1 is 1.37 bits per heavy atom. The summed E-state index contributed by atoms with van der Waals surface area (Å²) < 4.78 is 0. The van der Waals surface area contributed by atoms with Gasteiger partial charge in [0.25, 0.3) is 0 Å². The van der Waals surface area contributed by atoms with Crippen LogP contribution in [-0.4, -0.2) is 35.4 Å². The maximum atomic E-state index is 11.4. The summed E-state index contributed by atoms with van der Waals surface area (Å²) in [4.78, 5) is 13.5. The van der Waals surface area contributed by atoms with Crippen molar-refractivity contribution in [3.05, 3.63) is 29.3 Å². The van der Waals surface area contributed by atoms with Crippen molar-refractivity contribution in [2.24, 2.45) is 0 Å². The summed E-state index contributed by atoms with van der Waals surface area (Å²) >= 11 is 0. The summed E-state index contributed by atoms with van der Waals surface area (Å²) in [5.41, 5.74) is 2.01. The summed E-state index contributed by atoms with van der Waals surface area (Å²) in [6, 6.07) is 5.86. The van der Waals surface area contributed by atoms with Crippen molar-refractivity contribution < 1.29 is 15.0 Å². The van der Waals surface area contributed by atoms with E-state index in [1.54, 1.807) is 6.07 Å². The standard InChI is InChI=1S/C15H21NO3/c1-11-6-7-14(13(10-11)15(18)19)16(8-9-17)12-4-2-3-5-12/h6-7,10,12,17H,2-5,8-9H2,1H3,(H,18,19). The first-order valence-electron chi connectivity index (χ1n) is 6.85. The normalized spacial score (nSPS) is 15.7. The summed E-state index contributed by atoms with van der Waals surface area (Å²) in [5.74, 6) is -0.903. The Balaban J connectivity index is 2.37. The minimum absolute atomic E-state index is 0.0451. The lowest BCUT2D eigenvalue weighted by atomic mass is 10.1. The van der Waals surface area contributed by atoms with Crippen LogP contribution in [0.4, 0.5) is 5.69 Å². The highest BCUT2D eigenvalue weighted by atomic mass is 16.4. The maximum absolute atomic E-state index is 11.4. The molecule has 2 N–H and O–H groups in total. The van der Waals surface area contributed by atoms with Crippen LogP contribution in [0.1, 0.15) is 41.6 Å². The number of aromatic carboxylic acids is 1. The molecule has 0 saturated heterocycles. The Morgan fingerprint density at radius 2 is 2.05 bits per heavy atom. The van der Waals surface area contributed by atoms with Gasteiger partial charge in [-0.25, -0.2) is 4.79 Å². The third kappa shape index (κ3) is 3.07. The monoisotopic (exact) mass is 263 g/mol. The summed E-state index contributed by atoms with van der Waals surface area (Å²) in [6.45, 7) is 2.43. The Bertz CT molecular complexity index is 453. The molecule has 1 aromatic carbocycles. The molecule has 0 aromatic heterocycles. The molecule has 1 aromatic rings. The number of aryl methyl sites for hydroxylation is 1. The Kier molecular flexibility index (Phi) is 4.43. The van der Waals surface area contributed by atoms with Crippen molar-refractivity contribution in [2.45, 2.75) is 38.6 Å². The predicted octanol–water partition coefficient (Wildman–Crippen LogP) is 2.43. The molecule has 1 fully saturated rings. The van der Waals surface area contributed by atoms with Crippen LogP contribution >= 0.6 is 0 Å². The molecule has 2 rings (SSSR count). The molecule has 4 nitrogen and oxygen atoms in total. The van der Waals surface area contributed by atoms with Crippen LogP contribution in [0, 0.1) is 6.92 Å². The van der Waals surface area contributed by atoms with E-state index < -0.39 is 5.97 Å². The number of aliphatic hydroxyl groups is 1. The Hall–Kier alpha value is -1.55. The largest absolute Gasteiger partial charge is 0.478 e. The van der Waals surface area contributed by atoms with Gasteiger partial charge in [-0.1, -0.05) is 24.5 Å². The molecular weight excluding hydrogens is 242 g/mol. The van der Waals surface area contributed by atoms with E-state index in [9.17, 15) is 15.0 Å². The molecule has 0 amide bonds. The molecule has 1 aliphatic rings. The second-order valence-electron chi connectivity index (χ2n) is 5.18. The first kappa shape index (κ1) is 13.9. The van der Waals surface area contributed by atoms with Crippen molar-refractivity contribution >= 4 is 11.7 Å². The van der Waals surface area contributed by atoms with E-state index in [4.69, 9.17) is 0 Å². The van der Waals surface area contributed by atoms with Crippen LogP contribution in [0.15, 0.2) is 18.2 Å². The minimum atomic E-state index is -0.903. The summed E-state index contributed by atoms with van der Waals surface area (Å²) in [6.07, 6.45) is 4.52. The van der Waals surface area contributed by atoms with E-state index >= 15 is 0 Å². The zero-order valence-corrected chi connectivity index (χ0v) is 11.3. The van der Waals surface area contributed by atoms with E-state index in [0.717, 1.165) is 24.1 Å². The number of carboxylic acids is 1. The first-order valence-corrected chi connectivity index (χ1v) is 6.85. The van der Waals surface area contributed by atoms with Crippen molar-refractivity contribution in [1.29, 1.82) is 0 Å². The lowest BCUT2D eigenvalue weighted by Gasteiger charge is -2.31. The highest BCUT2D eigenvalue weighted by molar-refractivity contribution is 5.94. The fourth-order valence-corrected chi connectivity index (χ4v) is 2.90. The average Bonchev–Trinajstić information content (AvgIpc) is 2.90. The highest BCUT2D eigenvalue weighted by Crippen LogP contribution is 2.30. The SMILES string of the molecule is Cc1ccc(N(CCO)C2CCCC2)c(C(=O)O)c1. The van der Waals surface area contributed by atoms with Gasteiger partial charge in [0.1, 0.15) is 0 Å². The van der Waals surface area contributed by atoms with Gasteiger partial charge in [0.15, 0.2) is 0 Å². The summed E-state index contributed by atoms with van der Waals surface area (Å²) in [5, 5.41) is 18.6. The van der Waals surface area contributed by atoms with Gasteiger partial charge in [-0.3, -0.25) is 0 Å². The molecule has 1 aliphatic carbocycles. The first-order chi connectivity index (χ1) is 9.13. The van der Waals surface area contributed by atoms with E-state index in [2.05, 4.69) is 4.90 Å². The molecule has 1 saturated carbocycles. The Morgan fingerprint density at radius 3 is 2.63 bits per heavy atom. The van der Waals surface area contributed by atoms with Crippen LogP contribution in [0.5, 0.6) is 0 Å². The second kappa shape index (κ2) is 6.06. The van der Waals surface area contributed by atoms with Gasteiger partial charge in [-0.05, 0) is 31.9 Å². The number of hydrogen-bond donors (Lipinski definition) is 2.